The van der Waals surface area contributed by atoms with Gasteiger partial charge in [0, 0.05) is 17.1 Å². The molecule has 108 valence electrons. The van der Waals surface area contributed by atoms with Crippen molar-refractivity contribution >= 4 is 5.91 Å². The van der Waals surface area contributed by atoms with Gasteiger partial charge in [-0.05, 0) is 63.3 Å². The first-order valence-corrected chi connectivity index (χ1v) is 7.44. The lowest BCUT2D eigenvalue weighted by Crippen LogP contribution is -2.59. The first-order chi connectivity index (χ1) is 9.58. The minimum Gasteiger partial charge on any atom is -0.508 e. The van der Waals surface area contributed by atoms with Crippen molar-refractivity contribution in [2.24, 2.45) is 0 Å². The van der Waals surface area contributed by atoms with E-state index >= 15 is 0 Å². The number of amides is 1. The van der Waals surface area contributed by atoms with Crippen LogP contribution in [0.15, 0.2) is 18.2 Å². The van der Waals surface area contributed by atoms with Crippen LogP contribution in [0.1, 0.15) is 48.0 Å². The molecule has 3 rings (SSSR count). The Balaban J connectivity index is 1.64. The standard InChI is InChI=1S/C16H22N2O2/c1-11-3-4-12(9-14(11)19)15(20)18-13-5-8-17-16(10-13)6-2-7-16/h3-4,9,13,17,19H,2,5-8,10H2,1H3,(H,18,20). The first-order valence-electron chi connectivity index (χ1n) is 7.44. The Bertz CT molecular complexity index is 523. The van der Waals surface area contributed by atoms with E-state index in [0.29, 0.717) is 5.56 Å². The van der Waals surface area contributed by atoms with Crippen LogP contribution in [0.4, 0.5) is 0 Å². The molecule has 1 heterocycles. The number of nitrogens with one attached hydrogen (secondary N) is 2. The monoisotopic (exact) mass is 274 g/mol. The van der Waals surface area contributed by atoms with Crippen LogP contribution >= 0.6 is 0 Å². The predicted octanol–water partition coefficient (Wildman–Crippen LogP) is 2.11. The zero-order chi connectivity index (χ0) is 14.2. The summed E-state index contributed by atoms with van der Waals surface area (Å²) in [5.41, 5.74) is 1.61. The SMILES string of the molecule is Cc1ccc(C(=O)NC2CCNC3(CCC3)C2)cc1O. The fourth-order valence-corrected chi connectivity index (χ4v) is 3.28. The summed E-state index contributed by atoms with van der Waals surface area (Å²) in [5, 5.41) is 16.4. The first kappa shape index (κ1) is 13.4. The zero-order valence-corrected chi connectivity index (χ0v) is 11.9. The van der Waals surface area contributed by atoms with Crippen LogP contribution in [0.2, 0.25) is 0 Å². The van der Waals surface area contributed by atoms with Gasteiger partial charge < -0.3 is 15.7 Å². The smallest absolute Gasteiger partial charge is 0.251 e. The molecule has 1 saturated heterocycles. The molecule has 1 spiro atoms. The Morgan fingerprint density at radius 2 is 2.25 bits per heavy atom. The molecule has 1 amide bonds. The summed E-state index contributed by atoms with van der Waals surface area (Å²) < 4.78 is 0. The van der Waals surface area contributed by atoms with Crippen LogP contribution in [0.3, 0.4) is 0 Å². The molecule has 1 aromatic rings. The van der Waals surface area contributed by atoms with E-state index in [2.05, 4.69) is 10.6 Å². The number of carbonyl (C=O) groups excluding carboxylic acids is 1. The molecule has 20 heavy (non-hydrogen) atoms. The highest BCUT2D eigenvalue weighted by Crippen LogP contribution is 2.38. The number of carbonyl (C=O) groups is 1. The summed E-state index contributed by atoms with van der Waals surface area (Å²) in [6.07, 6.45) is 5.75. The van der Waals surface area contributed by atoms with E-state index in [1.165, 1.54) is 19.3 Å². The topological polar surface area (TPSA) is 61.4 Å². The Kier molecular flexibility index (Phi) is 3.42. The minimum absolute atomic E-state index is 0.0818. The van der Waals surface area contributed by atoms with Crippen molar-refractivity contribution in [3.8, 4) is 5.75 Å². The number of aromatic hydroxyl groups is 1. The highest BCUT2D eigenvalue weighted by atomic mass is 16.3. The quantitative estimate of drug-likeness (QED) is 0.774. The van der Waals surface area contributed by atoms with Gasteiger partial charge >= 0.3 is 0 Å². The number of aryl methyl sites for hydroxylation is 1. The van der Waals surface area contributed by atoms with Gasteiger partial charge in [0.15, 0.2) is 0 Å². The van der Waals surface area contributed by atoms with Crippen molar-refractivity contribution in [3.63, 3.8) is 0 Å². The predicted molar refractivity (Wildman–Crippen MR) is 77.9 cm³/mol. The van der Waals surface area contributed by atoms with E-state index in [1.54, 1.807) is 18.2 Å². The molecule has 1 aliphatic carbocycles. The number of phenols is 1. The van der Waals surface area contributed by atoms with Gasteiger partial charge in [-0.3, -0.25) is 4.79 Å². The molecular weight excluding hydrogens is 252 g/mol. The maximum absolute atomic E-state index is 12.3. The van der Waals surface area contributed by atoms with Gasteiger partial charge in [-0.25, -0.2) is 0 Å². The van der Waals surface area contributed by atoms with Crippen LogP contribution in [0.5, 0.6) is 5.75 Å². The molecular formula is C16H22N2O2. The van der Waals surface area contributed by atoms with E-state index in [0.717, 1.165) is 24.9 Å². The van der Waals surface area contributed by atoms with Crippen LogP contribution < -0.4 is 10.6 Å². The maximum atomic E-state index is 12.3. The molecule has 1 atom stereocenters. The van der Waals surface area contributed by atoms with Gasteiger partial charge in [0.05, 0.1) is 0 Å². The Hall–Kier alpha value is -1.55. The van der Waals surface area contributed by atoms with Crippen molar-refractivity contribution in [2.45, 2.75) is 50.6 Å². The minimum atomic E-state index is -0.0818. The van der Waals surface area contributed by atoms with Crippen LogP contribution in [-0.2, 0) is 0 Å². The lowest BCUT2D eigenvalue weighted by molar-refractivity contribution is 0.0852. The highest BCUT2D eigenvalue weighted by Gasteiger charge is 2.41. The molecule has 1 saturated carbocycles. The molecule has 1 aliphatic heterocycles. The fraction of sp³-hybridized carbons (Fsp3) is 0.562. The maximum Gasteiger partial charge on any atom is 0.251 e. The van der Waals surface area contributed by atoms with Crippen molar-refractivity contribution in [2.75, 3.05) is 6.54 Å². The third kappa shape index (κ3) is 2.52. The number of piperidine rings is 1. The second-order valence-corrected chi connectivity index (χ2v) is 6.23. The second-order valence-electron chi connectivity index (χ2n) is 6.23. The summed E-state index contributed by atoms with van der Waals surface area (Å²) in [6.45, 7) is 2.80. The summed E-state index contributed by atoms with van der Waals surface area (Å²) in [4.78, 5) is 12.3. The van der Waals surface area contributed by atoms with Crippen LogP contribution in [-0.4, -0.2) is 29.1 Å². The molecule has 1 unspecified atom stereocenters. The summed E-state index contributed by atoms with van der Waals surface area (Å²) in [6, 6.07) is 5.34. The lowest BCUT2D eigenvalue weighted by atomic mass is 9.70. The van der Waals surface area contributed by atoms with Gasteiger partial charge in [-0.15, -0.1) is 0 Å². The average molecular weight is 274 g/mol. The van der Waals surface area contributed by atoms with Gasteiger partial charge in [0.25, 0.3) is 5.91 Å². The second kappa shape index (κ2) is 5.09. The van der Waals surface area contributed by atoms with Crippen molar-refractivity contribution in [1.29, 1.82) is 0 Å². The van der Waals surface area contributed by atoms with Gasteiger partial charge in [-0.1, -0.05) is 6.07 Å². The van der Waals surface area contributed by atoms with E-state index < -0.39 is 0 Å². The Labute approximate surface area is 119 Å². The van der Waals surface area contributed by atoms with E-state index in [-0.39, 0.29) is 23.2 Å². The third-order valence-electron chi connectivity index (χ3n) is 4.75. The van der Waals surface area contributed by atoms with Gasteiger partial charge in [0.2, 0.25) is 0 Å². The van der Waals surface area contributed by atoms with Crippen LogP contribution in [0.25, 0.3) is 0 Å². The number of benzene rings is 1. The zero-order valence-electron chi connectivity index (χ0n) is 11.9. The molecule has 4 nitrogen and oxygen atoms in total. The van der Waals surface area contributed by atoms with Gasteiger partial charge in [-0.2, -0.15) is 0 Å². The molecule has 0 radical (unpaired) electrons. The molecule has 0 bridgehead atoms. The van der Waals surface area contributed by atoms with E-state index in [4.69, 9.17) is 0 Å². The van der Waals surface area contributed by atoms with Crippen LogP contribution in [0, 0.1) is 6.92 Å². The van der Waals surface area contributed by atoms with E-state index in [9.17, 15) is 9.90 Å². The van der Waals surface area contributed by atoms with Crippen molar-refractivity contribution in [3.05, 3.63) is 29.3 Å². The number of phenolic OH excluding ortho intramolecular Hbond substituents is 1. The largest absolute Gasteiger partial charge is 0.508 e. The molecule has 3 N–H and O–H groups in total. The summed E-state index contributed by atoms with van der Waals surface area (Å²) in [5.74, 6) is 0.0973. The number of hydrogen-bond acceptors (Lipinski definition) is 3. The normalized spacial score (nSPS) is 24.1. The average Bonchev–Trinajstić information content (AvgIpc) is 2.40. The highest BCUT2D eigenvalue weighted by molar-refractivity contribution is 5.94. The molecule has 4 heteroatoms. The Morgan fingerprint density at radius 3 is 2.90 bits per heavy atom. The fourth-order valence-electron chi connectivity index (χ4n) is 3.28. The third-order valence-corrected chi connectivity index (χ3v) is 4.75. The Morgan fingerprint density at radius 1 is 1.45 bits per heavy atom. The number of rotatable bonds is 2. The molecule has 2 fully saturated rings. The van der Waals surface area contributed by atoms with Gasteiger partial charge in [0.1, 0.15) is 5.75 Å². The van der Waals surface area contributed by atoms with Crippen molar-refractivity contribution < 1.29 is 9.90 Å². The van der Waals surface area contributed by atoms with Crippen molar-refractivity contribution in [1.82, 2.24) is 10.6 Å². The molecule has 0 aromatic heterocycles. The summed E-state index contributed by atoms with van der Waals surface area (Å²) in [7, 11) is 0. The number of hydrogen-bond donors (Lipinski definition) is 3. The molecule has 2 aliphatic rings. The molecule has 1 aromatic carbocycles. The lowest BCUT2D eigenvalue weighted by Gasteiger charge is -2.48. The summed E-state index contributed by atoms with van der Waals surface area (Å²) >= 11 is 0. The van der Waals surface area contributed by atoms with E-state index in [1.807, 2.05) is 6.92 Å².